The van der Waals surface area contributed by atoms with Gasteiger partial charge in [0.1, 0.15) is 5.75 Å². The predicted molar refractivity (Wildman–Crippen MR) is 92.8 cm³/mol. The fraction of sp³-hybridized carbons (Fsp3) is 0.611. The van der Waals surface area contributed by atoms with Gasteiger partial charge in [0, 0.05) is 19.1 Å². The number of aliphatic imine (C=N–C) groups is 1. The second-order valence-electron chi connectivity index (χ2n) is 5.94. The van der Waals surface area contributed by atoms with Crippen molar-refractivity contribution in [3.63, 3.8) is 0 Å². The number of ether oxygens (including phenoxy) is 1. The van der Waals surface area contributed by atoms with Gasteiger partial charge >= 0.3 is 0 Å². The van der Waals surface area contributed by atoms with Crippen LogP contribution in [-0.4, -0.2) is 32.2 Å². The Morgan fingerprint density at radius 3 is 2.77 bits per heavy atom. The zero-order valence-corrected chi connectivity index (χ0v) is 14.1. The van der Waals surface area contributed by atoms with Gasteiger partial charge in [-0.25, -0.2) is 0 Å². The third kappa shape index (κ3) is 4.93. The Bertz CT molecular complexity index is 493. The summed E-state index contributed by atoms with van der Waals surface area (Å²) in [5.41, 5.74) is 2.44. The van der Waals surface area contributed by atoms with Crippen LogP contribution in [0.25, 0.3) is 0 Å². The maximum atomic E-state index is 5.38. The molecule has 4 nitrogen and oxygen atoms in total. The number of hydrogen-bond acceptors (Lipinski definition) is 2. The standard InChI is InChI=1S/C18H29N3O/c1-4-19-18(21-16-7-5-6-8-16)20-12-11-15-10-9-14(2)17(13-15)22-3/h9-10,13,16H,4-8,11-12H2,1-3H3,(H2,19,20,21). The van der Waals surface area contributed by atoms with Crippen LogP contribution >= 0.6 is 0 Å². The molecule has 1 fully saturated rings. The number of nitrogens with one attached hydrogen (secondary N) is 2. The van der Waals surface area contributed by atoms with E-state index in [-0.39, 0.29) is 0 Å². The van der Waals surface area contributed by atoms with Crippen molar-refractivity contribution in [1.29, 1.82) is 0 Å². The number of benzene rings is 1. The van der Waals surface area contributed by atoms with E-state index >= 15 is 0 Å². The molecule has 122 valence electrons. The van der Waals surface area contributed by atoms with Crippen LogP contribution in [0.15, 0.2) is 23.2 Å². The summed E-state index contributed by atoms with van der Waals surface area (Å²) in [6.45, 7) is 5.86. The van der Waals surface area contributed by atoms with E-state index in [4.69, 9.17) is 9.73 Å². The molecular formula is C18H29N3O. The first-order chi connectivity index (χ1) is 10.7. The minimum Gasteiger partial charge on any atom is -0.496 e. The smallest absolute Gasteiger partial charge is 0.191 e. The van der Waals surface area contributed by atoms with Gasteiger partial charge in [0.25, 0.3) is 0 Å². The Balaban J connectivity index is 1.89. The van der Waals surface area contributed by atoms with Gasteiger partial charge < -0.3 is 15.4 Å². The maximum absolute atomic E-state index is 5.38. The van der Waals surface area contributed by atoms with E-state index in [1.807, 2.05) is 0 Å². The molecule has 22 heavy (non-hydrogen) atoms. The lowest BCUT2D eigenvalue weighted by Gasteiger charge is -2.16. The molecule has 1 aromatic rings. The summed E-state index contributed by atoms with van der Waals surface area (Å²) in [4.78, 5) is 4.70. The maximum Gasteiger partial charge on any atom is 0.191 e. The largest absolute Gasteiger partial charge is 0.496 e. The average molecular weight is 303 g/mol. The summed E-state index contributed by atoms with van der Waals surface area (Å²) < 4.78 is 5.38. The highest BCUT2D eigenvalue weighted by atomic mass is 16.5. The summed E-state index contributed by atoms with van der Waals surface area (Å²) in [5, 5.41) is 6.89. The second kappa shape index (κ2) is 8.66. The first-order valence-corrected chi connectivity index (χ1v) is 8.41. The molecule has 0 spiro atoms. The van der Waals surface area contributed by atoms with Crippen molar-refractivity contribution in [2.24, 2.45) is 4.99 Å². The van der Waals surface area contributed by atoms with E-state index in [9.17, 15) is 0 Å². The van der Waals surface area contributed by atoms with Crippen LogP contribution in [-0.2, 0) is 6.42 Å². The molecule has 0 atom stereocenters. The molecule has 0 radical (unpaired) electrons. The summed E-state index contributed by atoms with van der Waals surface area (Å²) >= 11 is 0. The summed E-state index contributed by atoms with van der Waals surface area (Å²) in [5.74, 6) is 1.91. The van der Waals surface area contributed by atoms with Gasteiger partial charge in [-0.05, 0) is 50.3 Å². The molecule has 2 rings (SSSR count). The molecule has 1 aromatic carbocycles. The van der Waals surface area contributed by atoms with Gasteiger partial charge in [0.05, 0.1) is 7.11 Å². The molecule has 0 amide bonds. The third-order valence-electron chi connectivity index (χ3n) is 4.18. The first kappa shape index (κ1) is 16.7. The number of methoxy groups -OCH3 is 1. The number of aryl methyl sites for hydroxylation is 1. The molecule has 0 saturated heterocycles. The first-order valence-electron chi connectivity index (χ1n) is 8.41. The van der Waals surface area contributed by atoms with Gasteiger partial charge in [-0.1, -0.05) is 25.0 Å². The van der Waals surface area contributed by atoms with E-state index in [0.29, 0.717) is 6.04 Å². The van der Waals surface area contributed by atoms with Crippen LogP contribution in [0.5, 0.6) is 5.75 Å². The normalized spacial score (nSPS) is 15.9. The van der Waals surface area contributed by atoms with Crippen molar-refractivity contribution < 1.29 is 4.74 Å². The van der Waals surface area contributed by atoms with Crippen LogP contribution in [0.3, 0.4) is 0 Å². The lowest BCUT2D eigenvalue weighted by molar-refractivity contribution is 0.411. The van der Waals surface area contributed by atoms with Crippen molar-refractivity contribution >= 4 is 5.96 Å². The predicted octanol–water partition coefficient (Wildman–Crippen LogP) is 3.04. The SMILES string of the molecule is CCNC(=NCCc1ccc(C)c(OC)c1)NC1CCCC1. The fourth-order valence-electron chi connectivity index (χ4n) is 2.90. The molecule has 1 aliphatic rings. The molecule has 0 aliphatic heterocycles. The Kier molecular flexibility index (Phi) is 6.56. The van der Waals surface area contributed by atoms with Crippen LogP contribution in [0, 0.1) is 6.92 Å². The Labute approximate surface area is 134 Å². The molecule has 1 saturated carbocycles. The van der Waals surface area contributed by atoms with Crippen molar-refractivity contribution in [2.75, 3.05) is 20.2 Å². The van der Waals surface area contributed by atoms with E-state index in [2.05, 4.69) is 42.7 Å². The molecule has 0 heterocycles. The molecule has 1 aliphatic carbocycles. The highest BCUT2D eigenvalue weighted by Crippen LogP contribution is 2.19. The second-order valence-corrected chi connectivity index (χ2v) is 5.94. The number of rotatable bonds is 6. The van der Waals surface area contributed by atoms with Gasteiger partial charge in [0.2, 0.25) is 0 Å². The minimum absolute atomic E-state index is 0.595. The van der Waals surface area contributed by atoms with Crippen molar-refractivity contribution in [1.82, 2.24) is 10.6 Å². The highest BCUT2D eigenvalue weighted by Gasteiger charge is 2.15. The zero-order chi connectivity index (χ0) is 15.8. The lowest BCUT2D eigenvalue weighted by Crippen LogP contribution is -2.42. The summed E-state index contributed by atoms with van der Waals surface area (Å²) in [6.07, 6.45) is 6.12. The quantitative estimate of drug-likeness (QED) is 0.627. The van der Waals surface area contributed by atoms with E-state index < -0.39 is 0 Å². The number of hydrogen-bond donors (Lipinski definition) is 2. The summed E-state index contributed by atoms with van der Waals surface area (Å²) in [7, 11) is 1.72. The Hall–Kier alpha value is -1.71. The molecule has 4 heteroatoms. The van der Waals surface area contributed by atoms with Crippen molar-refractivity contribution in [3.8, 4) is 5.75 Å². The van der Waals surface area contributed by atoms with Crippen LogP contribution < -0.4 is 15.4 Å². The zero-order valence-electron chi connectivity index (χ0n) is 14.1. The monoisotopic (exact) mass is 303 g/mol. The minimum atomic E-state index is 0.595. The average Bonchev–Trinajstić information content (AvgIpc) is 3.02. The van der Waals surface area contributed by atoms with Crippen molar-refractivity contribution in [3.05, 3.63) is 29.3 Å². The van der Waals surface area contributed by atoms with Gasteiger partial charge in [-0.3, -0.25) is 4.99 Å². The van der Waals surface area contributed by atoms with Crippen LogP contribution in [0.4, 0.5) is 0 Å². The number of nitrogens with zero attached hydrogens (tertiary/aromatic N) is 1. The van der Waals surface area contributed by atoms with Crippen molar-refractivity contribution in [2.45, 2.75) is 52.0 Å². The van der Waals surface area contributed by atoms with Crippen LogP contribution in [0.1, 0.15) is 43.7 Å². The fourth-order valence-corrected chi connectivity index (χ4v) is 2.90. The Morgan fingerprint density at radius 2 is 2.09 bits per heavy atom. The van der Waals surface area contributed by atoms with E-state index in [1.165, 1.54) is 36.8 Å². The van der Waals surface area contributed by atoms with Gasteiger partial charge in [-0.15, -0.1) is 0 Å². The Morgan fingerprint density at radius 1 is 1.32 bits per heavy atom. The summed E-state index contributed by atoms with van der Waals surface area (Å²) in [6, 6.07) is 6.98. The van der Waals surface area contributed by atoms with E-state index in [1.54, 1.807) is 7.11 Å². The third-order valence-corrected chi connectivity index (χ3v) is 4.18. The molecule has 0 unspecified atom stereocenters. The molecular weight excluding hydrogens is 274 g/mol. The molecule has 0 bridgehead atoms. The number of guanidine groups is 1. The van der Waals surface area contributed by atoms with Gasteiger partial charge in [0.15, 0.2) is 5.96 Å². The molecule has 2 N–H and O–H groups in total. The van der Waals surface area contributed by atoms with E-state index in [0.717, 1.165) is 31.2 Å². The highest BCUT2D eigenvalue weighted by molar-refractivity contribution is 5.80. The van der Waals surface area contributed by atoms with Crippen LogP contribution in [0.2, 0.25) is 0 Å². The lowest BCUT2D eigenvalue weighted by atomic mass is 10.1. The topological polar surface area (TPSA) is 45.7 Å². The molecule has 0 aromatic heterocycles. The van der Waals surface area contributed by atoms with Gasteiger partial charge in [-0.2, -0.15) is 0 Å².